The maximum absolute atomic E-state index is 9.92. The second kappa shape index (κ2) is 7.27. The van der Waals surface area contributed by atoms with Gasteiger partial charge in [0.25, 0.3) is 0 Å². The number of hydrogen-bond acceptors (Lipinski definition) is 3. The summed E-state index contributed by atoms with van der Waals surface area (Å²) in [6.45, 7) is 8.74. The van der Waals surface area contributed by atoms with Crippen LogP contribution in [0.1, 0.15) is 53.4 Å². The zero-order chi connectivity index (χ0) is 13.6. The molecule has 0 aromatic carbocycles. The fourth-order valence-electron chi connectivity index (χ4n) is 2.13. The molecule has 18 heavy (non-hydrogen) atoms. The smallest absolute Gasteiger partial charge is 0.163 e. The zero-order valence-corrected chi connectivity index (χ0v) is 12.2. The summed E-state index contributed by atoms with van der Waals surface area (Å²) in [6, 6.07) is 0. The quantitative estimate of drug-likeness (QED) is 0.710. The lowest BCUT2D eigenvalue weighted by molar-refractivity contribution is -0.137. The van der Waals surface area contributed by atoms with Crippen molar-refractivity contribution < 1.29 is 14.6 Å². The fraction of sp³-hybridized carbons (Fsp3) is 0.867. The fourth-order valence-corrected chi connectivity index (χ4v) is 2.13. The lowest BCUT2D eigenvalue weighted by Crippen LogP contribution is -2.21. The van der Waals surface area contributed by atoms with E-state index in [1.165, 1.54) is 0 Å². The SMILES string of the molecule is CCCC[C@H](O)[C@H](C)/C=C\C[C@@H]1COC(C)(C)O1. The van der Waals surface area contributed by atoms with Gasteiger partial charge in [0.2, 0.25) is 0 Å². The molecule has 1 fully saturated rings. The van der Waals surface area contributed by atoms with Gasteiger partial charge in [-0.1, -0.05) is 38.8 Å². The van der Waals surface area contributed by atoms with Crippen molar-refractivity contribution >= 4 is 0 Å². The summed E-state index contributed by atoms with van der Waals surface area (Å²) < 4.78 is 11.2. The van der Waals surface area contributed by atoms with Gasteiger partial charge in [-0.3, -0.25) is 0 Å². The van der Waals surface area contributed by atoms with Gasteiger partial charge in [0.05, 0.1) is 18.8 Å². The molecule has 1 heterocycles. The molecule has 0 aromatic rings. The molecule has 1 aliphatic rings. The molecule has 1 rings (SSSR count). The van der Waals surface area contributed by atoms with Crippen molar-refractivity contribution in [3.63, 3.8) is 0 Å². The molecule has 0 spiro atoms. The minimum Gasteiger partial charge on any atom is -0.393 e. The van der Waals surface area contributed by atoms with Crippen LogP contribution in [0, 0.1) is 5.92 Å². The van der Waals surface area contributed by atoms with Crippen LogP contribution in [-0.4, -0.2) is 29.7 Å². The number of ether oxygens (including phenoxy) is 2. The molecule has 3 nitrogen and oxygen atoms in total. The summed E-state index contributed by atoms with van der Waals surface area (Å²) in [7, 11) is 0. The Kier molecular flexibility index (Phi) is 6.33. The largest absolute Gasteiger partial charge is 0.393 e. The Morgan fingerprint density at radius 1 is 1.44 bits per heavy atom. The van der Waals surface area contributed by atoms with Crippen molar-refractivity contribution in [1.29, 1.82) is 0 Å². The minimum atomic E-state index is -0.440. The maximum atomic E-state index is 9.92. The zero-order valence-electron chi connectivity index (χ0n) is 12.2. The van der Waals surface area contributed by atoms with Crippen molar-refractivity contribution in [2.75, 3.05) is 6.61 Å². The average Bonchev–Trinajstić information content (AvgIpc) is 2.65. The van der Waals surface area contributed by atoms with Crippen molar-refractivity contribution in [3.05, 3.63) is 12.2 Å². The molecule has 3 heteroatoms. The number of aliphatic hydroxyl groups is 1. The summed E-state index contributed by atoms with van der Waals surface area (Å²) in [5.74, 6) is -0.225. The van der Waals surface area contributed by atoms with Gasteiger partial charge >= 0.3 is 0 Å². The molecule has 106 valence electrons. The molecule has 0 amide bonds. The third-order valence-electron chi connectivity index (χ3n) is 3.37. The van der Waals surface area contributed by atoms with E-state index in [-0.39, 0.29) is 18.1 Å². The first-order valence-electron chi connectivity index (χ1n) is 7.11. The third-order valence-corrected chi connectivity index (χ3v) is 3.37. The third kappa shape index (κ3) is 5.51. The van der Waals surface area contributed by atoms with E-state index in [9.17, 15) is 5.11 Å². The molecule has 0 radical (unpaired) electrons. The molecule has 3 atom stereocenters. The van der Waals surface area contributed by atoms with Crippen molar-refractivity contribution in [1.82, 2.24) is 0 Å². The van der Waals surface area contributed by atoms with Crippen LogP contribution >= 0.6 is 0 Å². The summed E-state index contributed by atoms with van der Waals surface area (Å²) in [5, 5.41) is 9.92. The number of aliphatic hydroxyl groups excluding tert-OH is 1. The average molecular weight is 256 g/mol. The Labute approximate surface area is 111 Å². The van der Waals surface area contributed by atoms with Crippen LogP contribution in [-0.2, 0) is 9.47 Å². The molecule has 1 saturated heterocycles. The molecular formula is C15H28O3. The van der Waals surface area contributed by atoms with Crippen molar-refractivity contribution in [2.24, 2.45) is 5.92 Å². The molecule has 0 unspecified atom stereocenters. The standard InChI is InChI=1S/C15H28O3/c1-5-6-10-14(16)12(2)8-7-9-13-11-17-15(3,4)18-13/h7-8,12-14,16H,5-6,9-11H2,1-4H3/b8-7-/t12-,13-,14+/m1/s1. The van der Waals surface area contributed by atoms with E-state index in [4.69, 9.17) is 9.47 Å². The van der Waals surface area contributed by atoms with Gasteiger partial charge in [-0.05, 0) is 32.6 Å². The van der Waals surface area contributed by atoms with Gasteiger partial charge in [0.1, 0.15) is 0 Å². The molecule has 1 N–H and O–H groups in total. The second-order valence-corrected chi connectivity index (χ2v) is 5.68. The summed E-state index contributed by atoms with van der Waals surface area (Å²) in [6.07, 6.45) is 8.09. The summed E-state index contributed by atoms with van der Waals surface area (Å²) in [5.41, 5.74) is 0. The van der Waals surface area contributed by atoms with Crippen LogP contribution in [0.5, 0.6) is 0 Å². The van der Waals surface area contributed by atoms with Gasteiger partial charge < -0.3 is 14.6 Å². The van der Waals surface area contributed by atoms with E-state index in [2.05, 4.69) is 26.0 Å². The van der Waals surface area contributed by atoms with Crippen LogP contribution in [0.3, 0.4) is 0 Å². The van der Waals surface area contributed by atoms with Crippen molar-refractivity contribution in [3.8, 4) is 0 Å². The van der Waals surface area contributed by atoms with E-state index in [1.54, 1.807) is 0 Å². The summed E-state index contributed by atoms with van der Waals surface area (Å²) in [4.78, 5) is 0. The summed E-state index contributed by atoms with van der Waals surface area (Å²) >= 11 is 0. The van der Waals surface area contributed by atoms with Gasteiger partial charge in [0, 0.05) is 0 Å². The first-order chi connectivity index (χ1) is 8.44. The van der Waals surface area contributed by atoms with Crippen LogP contribution in [0.4, 0.5) is 0 Å². The molecule has 0 saturated carbocycles. The lowest BCUT2D eigenvalue weighted by Gasteiger charge is -2.17. The Bertz CT molecular complexity index is 260. The monoisotopic (exact) mass is 256 g/mol. The van der Waals surface area contributed by atoms with E-state index in [1.807, 2.05) is 13.8 Å². The van der Waals surface area contributed by atoms with E-state index in [0.29, 0.717) is 6.61 Å². The highest BCUT2D eigenvalue weighted by atomic mass is 16.7. The Hall–Kier alpha value is -0.380. The van der Waals surface area contributed by atoms with Gasteiger partial charge in [-0.25, -0.2) is 0 Å². The number of unbranched alkanes of at least 4 members (excludes halogenated alkanes) is 1. The maximum Gasteiger partial charge on any atom is 0.163 e. The number of hydrogen-bond donors (Lipinski definition) is 1. The minimum absolute atomic E-state index is 0.149. The van der Waals surface area contributed by atoms with E-state index in [0.717, 1.165) is 25.7 Å². The number of rotatable bonds is 7. The predicted octanol–water partition coefficient (Wildman–Crippen LogP) is 3.27. The highest BCUT2D eigenvalue weighted by Gasteiger charge is 2.31. The first-order valence-corrected chi connectivity index (χ1v) is 7.11. The van der Waals surface area contributed by atoms with E-state index >= 15 is 0 Å². The van der Waals surface area contributed by atoms with Crippen LogP contribution in [0.2, 0.25) is 0 Å². The Morgan fingerprint density at radius 2 is 2.17 bits per heavy atom. The Balaban J connectivity index is 2.23. The first kappa shape index (κ1) is 15.7. The van der Waals surface area contributed by atoms with Gasteiger partial charge in [-0.15, -0.1) is 0 Å². The molecule has 0 bridgehead atoms. The molecular weight excluding hydrogens is 228 g/mol. The van der Waals surface area contributed by atoms with Gasteiger partial charge in [-0.2, -0.15) is 0 Å². The molecule has 1 aliphatic heterocycles. The molecule has 0 aromatic heterocycles. The Morgan fingerprint density at radius 3 is 2.72 bits per heavy atom. The predicted molar refractivity (Wildman–Crippen MR) is 73.4 cm³/mol. The highest BCUT2D eigenvalue weighted by molar-refractivity contribution is 4.92. The molecule has 0 aliphatic carbocycles. The van der Waals surface area contributed by atoms with Crippen LogP contribution < -0.4 is 0 Å². The highest BCUT2D eigenvalue weighted by Crippen LogP contribution is 2.24. The van der Waals surface area contributed by atoms with Crippen molar-refractivity contribution in [2.45, 2.75) is 71.4 Å². The van der Waals surface area contributed by atoms with Crippen LogP contribution in [0.15, 0.2) is 12.2 Å². The normalized spacial score (nSPS) is 26.6. The topological polar surface area (TPSA) is 38.7 Å². The van der Waals surface area contributed by atoms with Crippen LogP contribution in [0.25, 0.3) is 0 Å². The second-order valence-electron chi connectivity index (χ2n) is 5.68. The lowest BCUT2D eigenvalue weighted by atomic mass is 9.99. The van der Waals surface area contributed by atoms with Gasteiger partial charge in [0.15, 0.2) is 5.79 Å². The van der Waals surface area contributed by atoms with E-state index < -0.39 is 5.79 Å².